The number of rotatable bonds is 2. The predicted octanol–water partition coefficient (Wildman–Crippen LogP) is 4.23. The van der Waals surface area contributed by atoms with Crippen LogP contribution >= 0.6 is 11.8 Å². The highest BCUT2D eigenvalue weighted by Gasteiger charge is 2.26. The molecule has 0 spiro atoms. The Kier molecular flexibility index (Phi) is 4.24. The van der Waals surface area contributed by atoms with Crippen molar-refractivity contribution in [2.75, 3.05) is 23.9 Å². The van der Waals surface area contributed by atoms with Crippen molar-refractivity contribution in [2.45, 2.75) is 17.1 Å². The van der Waals surface area contributed by atoms with Crippen molar-refractivity contribution in [3.63, 3.8) is 0 Å². The van der Waals surface area contributed by atoms with Crippen LogP contribution in [0.3, 0.4) is 0 Å². The molecule has 114 valence electrons. The Morgan fingerprint density at radius 2 is 2.09 bits per heavy atom. The van der Waals surface area contributed by atoms with Crippen molar-refractivity contribution < 1.29 is 9.53 Å². The number of hydrogen-bond acceptors (Lipinski definition) is 3. The second kappa shape index (κ2) is 6.32. The number of fused-ring (bicyclic) bond motifs is 1. The summed E-state index contributed by atoms with van der Waals surface area (Å²) >= 11 is 1.80. The summed E-state index contributed by atoms with van der Waals surface area (Å²) in [6.07, 6.45) is 0. The van der Waals surface area contributed by atoms with Gasteiger partial charge in [-0.15, -0.1) is 11.8 Å². The lowest BCUT2D eigenvalue weighted by Crippen LogP contribution is -2.41. The number of ether oxygens (including phenoxy) is 1. The fourth-order valence-corrected chi connectivity index (χ4v) is 3.59. The quantitative estimate of drug-likeness (QED) is 0.902. The highest BCUT2D eigenvalue weighted by Crippen LogP contribution is 2.38. The number of amides is 2. The molecule has 0 radical (unpaired) electrons. The Morgan fingerprint density at radius 3 is 2.91 bits per heavy atom. The van der Waals surface area contributed by atoms with Gasteiger partial charge in [-0.3, -0.25) is 4.90 Å². The molecule has 22 heavy (non-hydrogen) atoms. The molecule has 1 heterocycles. The molecule has 2 amide bonds. The maximum Gasteiger partial charge on any atom is 0.326 e. The van der Waals surface area contributed by atoms with E-state index in [-0.39, 0.29) is 6.03 Å². The number of nitrogens with zero attached hydrogens (tertiary/aromatic N) is 1. The van der Waals surface area contributed by atoms with Gasteiger partial charge in [-0.25, -0.2) is 4.79 Å². The van der Waals surface area contributed by atoms with Gasteiger partial charge in [-0.2, -0.15) is 0 Å². The molecule has 0 aromatic heterocycles. The first kappa shape index (κ1) is 14.8. The van der Waals surface area contributed by atoms with Crippen LogP contribution in [0.5, 0.6) is 5.75 Å². The summed E-state index contributed by atoms with van der Waals surface area (Å²) in [5.74, 6) is 0.723. The van der Waals surface area contributed by atoms with Gasteiger partial charge in [0.25, 0.3) is 0 Å². The van der Waals surface area contributed by atoms with Crippen LogP contribution in [-0.4, -0.2) is 24.9 Å². The Morgan fingerprint density at radius 1 is 1.27 bits per heavy atom. The second-order valence-corrected chi connectivity index (χ2v) is 6.65. The number of methoxy groups -OCH3 is 1. The molecule has 0 saturated carbocycles. The molecule has 3 rings (SSSR count). The Bertz CT molecular complexity index is 690. The summed E-state index contributed by atoms with van der Waals surface area (Å²) < 4.78 is 5.19. The van der Waals surface area contributed by atoms with Gasteiger partial charge in [0.2, 0.25) is 0 Å². The maximum atomic E-state index is 12.6. The number of carbonyl (C=O) groups is 1. The molecule has 2 aromatic rings. The first-order chi connectivity index (χ1) is 10.7. The van der Waals surface area contributed by atoms with Crippen molar-refractivity contribution in [2.24, 2.45) is 0 Å². The van der Waals surface area contributed by atoms with E-state index in [4.69, 9.17) is 4.74 Å². The third-order valence-corrected chi connectivity index (χ3v) is 4.64. The minimum absolute atomic E-state index is 0.118. The Hall–Kier alpha value is -2.14. The largest absolute Gasteiger partial charge is 0.497 e. The molecule has 1 N–H and O–H groups in total. The number of para-hydroxylation sites is 1. The molecule has 0 fully saturated rings. The van der Waals surface area contributed by atoms with E-state index in [2.05, 4.69) is 18.3 Å². The van der Waals surface area contributed by atoms with Crippen molar-refractivity contribution in [1.29, 1.82) is 0 Å². The monoisotopic (exact) mass is 314 g/mol. The fraction of sp³-hybridized carbons (Fsp3) is 0.235. The number of benzene rings is 2. The van der Waals surface area contributed by atoms with Crippen LogP contribution in [0.4, 0.5) is 16.2 Å². The van der Waals surface area contributed by atoms with E-state index in [1.165, 1.54) is 0 Å². The summed E-state index contributed by atoms with van der Waals surface area (Å²) in [5.41, 5.74) is 1.69. The minimum Gasteiger partial charge on any atom is -0.497 e. The topological polar surface area (TPSA) is 41.6 Å². The average Bonchev–Trinajstić information content (AvgIpc) is 2.54. The van der Waals surface area contributed by atoms with E-state index < -0.39 is 0 Å². The minimum atomic E-state index is -0.118. The highest BCUT2D eigenvalue weighted by molar-refractivity contribution is 8.00. The van der Waals surface area contributed by atoms with Crippen molar-refractivity contribution in [1.82, 2.24) is 0 Å². The van der Waals surface area contributed by atoms with Crippen molar-refractivity contribution >= 4 is 29.2 Å². The molecule has 1 aliphatic heterocycles. The van der Waals surface area contributed by atoms with Gasteiger partial charge in [0.1, 0.15) is 5.75 Å². The van der Waals surface area contributed by atoms with E-state index in [1.807, 2.05) is 42.5 Å². The van der Waals surface area contributed by atoms with Crippen LogP contribution in [0.2, 0.25) is 0 Å². The molecule has 0 saturated heterocycles. The smallest absolute Gasteiger partial charge is 0.326 e. The molecule has 0 bridgehead atoms. The van der Waals surface area contributed by atoms with Gasteiger partial charge in [-0.1, -0.05) is 25.1 Å². The average molecular weight is 314 g/mol. The summed E-state index contributed by atoms with van der Waals surface area (Å²) in [4.78, 5) is 15.6. The number of anilines is 2. The zero-order chi connectivity index (χ0) is 15.5. The summed E-state index contributed by atoms with van der Waals surface area (Å²) in [6.45, 7) is 2.82. The molecule has 0 aliphatic carbocycles. The van der Waals surface area contributed by atoms with E-state index in [9.17, 15) is 4.79 Å². The molecule has 4 nitrogen and oxygen atoms in total. The van der Waals surface area contributed by atoms with Gasteiger partial charge in [-0.05, 0) is 24.3 Å². The van der Waals surface area contributed by atoms with Crippen molar-refractivity contribution in [3.05, 3.63) is 48.5 Å². The molecule has 2 aromatic carbocycles. The molecular formula is C17H18N2O2S. The summed E-state index contributed by atoms with van der Waals surface area (Å²) in [6, 6.07) is 15.3. The van der Waals surface area contributed by atoms with Crippen LogP contribution < -0.4 is 15.0 Å². The molecular weight excluding hydrogens is 296 g/mol. The zero-order valence-electron chi connectivity index (χ0n) is 12.6. The third-order valence-electron chi connectivity index (χ3n) is 3.49. The molecule has 1 aliphatic rings. The predicted molar refractivity (Wildman–Crippen MR) is 91.1 cm³/mol. The number of thioether (sulfide) groups is 1. The Labute approximate surface area is 134 Å². The van der Waals surface area contributed by atoms with Gasteiger partial charge in [0, 0.05) is 28.4 Å². The third kappa shape index (κ3) is 3.04. The number of hydrogen-bond donors (Lipinski definition) is 1. The lowest BCUT2D eigenvalue weighted by atomic mass is 10.2. The van der Waals surface area contributed by atoms with Crippen molar-refractivity contribution in [3.8, 4) is 5.75 Å². The first-order valence-corrected chi connectivity index (χ1v) is 8.03. The fourth-order valence-electron chi connectivity index (χ4n) is 2.47. The lowest BCUT2D eigenvalue weighted by molar-refractivity contribution is 0.256. The number of urea groups is 1. The van der Waals surface area contributed by atoms with Crippen LogP contribution in [-0.2, 0) is 0 Å². The van der Waals surface area contributed by atoms with Crippen LogP contribution in [0.15, 0.2) is 53.4 Å². The normalized spacial score (nSPS) is 16.8. The summed E-state index contributed by atoms with van der Waals surface area (Å²) in [7, 11) is 1.61. The molecule has 5 heteroatoms. The second-order valence-electron chi connectivity index (χ2n) is 5.17. The molecule has 0 unspecified atom stereocenters. The van der Waals surface area contributed by atoms with E-state index in [1.54, 1.807) is 23.8 Å². The van der Waals surface area contributed by atoms with E-state index >= 15 is 0 Å². The van der Waals surface area contributed by atoms with Gasteiger partial charge in [0.15, 0.2) is 0 Å². The van der Waals surface area contributed by atoms with Gasteiger partial charge < -0.3 is 10.1 Å². The number of carbonyl (C=O) groups excluding carboxylic acids is 1. The first-order valence-electron chi connectivity index (χ1n) is 7.15. The number of nitrogens with one attached hydrogen (secondary N) is 1. The van der Waals surface area contributed by atoms with Crippen LogP contribution in [0.25, 0.3) is 0 Å². The lowest BCUT2D eigenvalue weighted by Gasteiger charge is -2.32. The highest BCUT2D eigenvalue weighted by atomic mass is 32.2. The van der Waals surface area contributed by atoms with Gasteiger partial charge >= 0.3 is 6.03 Å². The van der Waals surface area contributed by atoms with Crippen LogP contribution in [0.1, 0.15) is 6.92 Å². The van der Waals surface area contributed by atoms with E-state index in [0.717, 1.165) is 22.0 Å². The summed E-state index contributed by atoms with van der Waals surface area (Å²) in [5, 5.41) is 3.31. The SMILES string of the molecule is COc1cccc(NC(=O)N2C[C@H](C)Sc3ccccc32)c1. The van der Waals surface area contributed by atoms with Gasteiger partial charge in [0.05, 0.1) is 12.8 Å². The molecule has 1 atom stereocenters. The standard InChI is InChI=1S/C17H18N2O2S/c1-12-11-19(15-8-3-4-9-16(15)22-12)17(20)18-13-6-5-7-14(10-13)21-2/h3-10,12H,11H2,1-2H3,(H,18,20)/t12-/m0/s1. The maximum absolute atomic E-state index is 12.6. The Balaban J connectivity index is 1.83. The van der Waals surface area contributed by atoms with E-state index in [0.29, 0.717) is 11.8 Å². The zero-order valence-corrected chi connectivity index (χ0v) is 13.4. The van der Waals surface area contributed by atoms with Crippen LogP contribution in [0, 0.1) is 0 Å².